The second kappa shape index (κ2) is 17.2. The minimum atomic E-state index is -4.40. The van der Waals surface area contributed by atoms with Crippen molar-refractivity contribution in [2.45, 2.75) is 45.0 Å². The van der Waals surface area contributed by atoms with Crippen LogP contribution in [0.4, 0.5) is 13.2 Å². The van der Waals surface area contributed by atoms with Crippen LogP contribution < -0.4 is 9.47 Å². The number of halogens is 3. The molecule has 0 saturated heterocycles. The average Bonchev–Trinajstić information content (AvgIpc) is 3.08. The largest absolute Gasteiger partial charge is 0.489 e. The van der Waals surface area contributed by atoms with Gasteiger partial charge in [0.2, 0.25) is 0 Å². The molecule has 47 heavy (non-hydrogen) atoms. The number of nitrogens with zero attached hydrogens (tertiary/aromatic N) is 1. The van der Waals surface area contributed by atoms with Crippen molar-refractivity contribution in [3.8, 4) is 17.2 Å². The molecule has 0 bridgehead atoms. The Bertz CT molecular complexity index is 1570. The first-order valence-corrected chi connectivity index (χ1v) is 15.3. The molecule has 0 unspecified atom stereocenters. The van der Waals surface area contributed by atoms with Gasteiger partial charge in [-0.05, 0) is 97.1 Å². The molecule has 0 saturated carbocycles. The molecule has 0 fully saturated rings. The number of carbonyl (C=O) groups is 2. The van der Waals surface area contributed by atoms with Gasteiger partial charge >= 0.3 is 18.1 Å². The molecular formula is C37H38F3NO6. The topological polar surface area (TPSA) is 74.3 Å². The molecule has 0 N–H and O–H groups in total. The van der Waals surface area contributed by atoms with Gasteiger partial charge in [-0.1, -0.05) is 42.5 Å². The van der Waals surface area contributed by atoms with E-state index < -0.39 is 11.7 Å². The van der Waals surface area contributed by atoms with Crippen LogP contribution in [0.5, 0.6) is 17.2 Å². The number of para-hydroxylation sites is 1. The smallest absolute Gasteiger partial charge is 0.416 e. The maximum absolute atomic E-state index is 12.8. The third kappa shape index (κ3) is 11.2. The highest BCUT2D eigenvalue weighted by Crippen LogP contribution is 2.31. The Morgan fingerprint density at radius 3 is 2.00 bits per heavy atom. The van der Waals surface area contributed by atoms with E-state index in [0.717, 1.165) is 66.9 Å². The van der Waals surface area contributed by atoms with Crippen LogP contribution in [0.1, 0.15) is 51.9 Å². The number of carbonyl (C=O) groups excluding carboxylic acids is 2. The van der Waals surface area contributed by atoms with Crippen molar-refractivity contribution in [3.05, 3.63) is 125 Å². The van der Waals surface area contributed by atoms with Crippen molar-refractivity contribution < 1.29 is 41.7 Å². The molecule has 4 aromatic rings. The Kier molecular flexibility index (Phi) is 12.8. The number of unbranched alkanes of at least 4 members (excludes halogenated alkanes) is 1. The number of methoxy groups -OCH3 is 2. The first-order valence-electron chi connectivity index (χ1n) is 15.3. The normalized spacial score (nSPS) is 11.3. The first kappa shape index (κ1) is 35.0. The van der Waals surface area contributed by atoms with Gasteiger partial charge in [0.25, 0.3) is 0 Å². The molecule has 0 spiro atoms. The van der Waals surface area contributed by atoms with Crippen molar-refractivity contribution in [1.82, 2.24) is 4.90 Å². The van der Waals surface area contributed by atoms with Crippen molar-refractivity contribution in [2.75, 3.05) is 27.3 Å². The molecule has 0 atom stereocenters. The van der Waals surface area contributed by atoms with Gasteiger partial charge in [-0.15, -0.1) is 0 Å². The molecule has 0 radical (unpaired) electrons. The highest BCUT2D eigenvalue weighted by Gasteiger charge is 2.30. The Balaban J connectivity index is 1.34. The van der Waals surface area contributed by atoms with E-state index in [1.54, 1.807) is 24.3 Å². The van der Waals surface area contributed by atoms with Gasteiger partial charge in [0, 0.05) is 19.5 Å². The summed E-state index contributed by atoms with van der Waals surface area (Å²) in [4.78, 5) is 25.7. The summed E-state index contributed by atoms with van der Waals surface area (Å²) < 4.78 is 59.9. The molecule has 0 amide bonds. The van der Waals surface area contributed by atoms with Gasteiger partial charge in [-0.2, -0.15) is 13.2 Å². The van der Waals surface area contributed by atoms with Crippen molar-refractivity contribution in [3.63, 3.8) is 0 Å². The molecular weight excluding hydrogens is 611 g/mol. The zero-order valence-electron chi connectivity index (χ0n) is 26.4. The lowest BCUT2D eigenvalue weighted by Gasteiger charge is -2.23. The molecule has 0 aliphatic heterocycles. The van der Waals surface area contributed by atoms with Crippen molar-refractivity contribution in [2.24, 2.45) is 0 Å². The van der Waals surface area contributed by atoms with Crippen molar-refractivity contribution in [1.29, 1.82) is 0 Å². The zero-order valence-corrected chi connectivity index (χ0v) is 26.4. The molecule has 0 heterocycles. The maximum atomic E-state index is 12.8. The van der Waals surface area contributed by atoms with E-state index in [0.29, 0.717) is 36.6 Å². The predicted molar refractivity (Wildman–Crippen MR) is 171 cm³/mol. The summed E-state index contributed by atoms with van der Waals surface area (Å²) in [6.07, 6.45) is -1.75. The van der Waals surface area contributed by atoms with Gasteiger partial charge in [0.15, 0.2) is 0 Å². The van der Waals surface area contributed by atoms with Gasteiger partial charge in [-0.3, -0.25) is 9.69 Å². The SMILES string of the molecule is COC(=O)CCCCN(CCc1ccccc1OCc1ccc(Oc2ccc(C(F)(F)F)cc2)cc1)Cc1ccc(C(=O)OC)cc1. The minimum Gasteiger partial charge on any atom is -0.489 e. The number of benzene rings is 4. The van der Waals surface area contributed by atoms with Gasteiger partial charge < -0.3 is 18.9 Å². The molecule has 10 heteroatoms. The third-order valence-corrected chi connectivity index (χ3v) is 7.52. The second-order valence-electron chi connectivity index (χ2n) is 10.9. The lowest BCUT2D eigenvalue weighted by Crippen LogP contribution is -2.27. The zero-order chi connectivity index (χ0) is 33.6. The summed E-state index contributed by atoms with van der Waals surface area (Å²) in [5.74, 6) is 0.982. The highest BCUT2D eigenvalue weighted by atomic mass is 19.4. The minimum absolute atomic E-state index is 0.220. The summed E-state index contributed by atoms with van der Waals surface area (Å²) in [7, 11) is 2.75. The fourth-order valence-corrected chi connectivity index (χ4v) is 4.89. The summed E-state index contributed by atoms with van der Waals surface area (Å²) in [5.41, 5.74) is 2.78. The number of alkyl halides is 3. The summed E-state index contributed by atoms with van der Waals surface area (Å²) in [6, 6.07) is 27.0. The van der Waals surface area contributed by atoms with E-state index in [1.807, 2.05) is 48.5 Å². The number of esters is 2. The Labute approximate surface area is 272 Å². The second-order valence-corrected chi connectivity index (χ2v) is 10.9. The Hall–Kier alpha value is -4.83. The third-order valence-electron chi connectivity index (χ3n) is 7.52. The van der Waals surface area contributed by atoms with Crippen LogP contribution >= 0.6 is 0 Å². The maximum Gasteiger partial charge on any atom is 0.416 e. The average molecular weight is 650 g/mol. The van der Waals surface area contributed by atoms with E-state index in [2.05, 4.69) is 4.90 Å². The van der Waals surface area contributed by atoms with Crippen LogP contribution in [0.25, 0.3) is 0 Å². The molecule has 0 aliphatic carbocycles. The molecule has 4 rings (SSSR count). The summed E-state index contributed by atoms with van der Waals surface area (Å²) in [6.45, 7) is 2.51. The number of ether oxygens (including phenoxy) is 4. The van der Waals surface area contributed by atoms with Gasteiger partial charge in [0.05, 0.1) is 25.3 Å². The summed E-state index contributed by atoms with van der Waals surface area (Å²) >= 11 is 0. The molecule has 7 nitrogen and oxygen atoms in total. The van der Waals surface area contributed by atoms with Crippen LogP contribution in [0.2, 0.25) is 0 Å². The van der Waals surface area contributed by atoms with Crippen LogP contribution in [0.15, 0.2) is 97.1 Å². The number of rotatable bonds is 16. The number of hydrogen-bond acceptors (Lipinski definition) is 7. The molecule has 4 aromatic carbocycles. The lowest BCUT2D eigenvalue weighted by molar-refractivity contribution is -0.140. The fraction of sp³-hybridized carbons (Fsp3) is 0.297. The molecule has 248 valence electrons. The molecule has 0 aliphatic rings. The number of hydrogen-bond donors (Lipinski definition) is 0. The van der Waals surface area contributed by atoms with E-state index >= 15 is 0 Å². The van der Waals surface area contributed by atoms with Crippen LogP contribution in [0, 0.1) is 0 Å². The lowest BCUT2D eigenvalue weighted by atomic mass is 10.1. The highest BCUT2D eigenvalue weighted by molar-refractivity contribution is 5.89. The van der Waals surface area contributed by atoms with E-state index in [9.17, 15) is 22.8 Å². The monoisotopic (exact) mass is 649 g/mol. The van der Waals surface area contributed by atoms with E-state index in [1.165, 1.54) is 26.4 Å². The Morgan fingerprint density at radius 2 is 1.36 bits per heavy atom. The standard InChI is InChI=1S/C37H38F3NO6/c1-44-35(42)9-5-6-23-41(25-27-10-14-30(15-11-27)36(43)45-2)24-22-29-7-3-4-8-34(29)46-26-28-12-18-32(19-13-28)47-33-20-16-31(17-21-33)37(38,39)40/h3-4,7-8,10-21H,5-6,9,22-26H2,1-2H3. The van der Waals surface area contributed by atoms with Crippen LogP contribution in [-0.2, 0) is 40.0 Å². The Morgan fingerprint density at radius 1 is 0.723 bits per heavy atom. The van der Waals surface area contributed by atoms with E-state index in [-0.39, 0.29) is 11.9 Å². The van der Waals surface area contributed by atoms with E-state index in [4.69, 9.17) is 18.9 Å². The predicted octanol–water partition coefficient (Wildman–Crippen LogP) is 8.25. The summed E-state index contributed by atoms with van der Waals surface area (Å²) in [5, 5.41) is 0. The van der Waals surface area contributed by atoms with Gasteiger partial charge in [-0.25, -0.2) is 4.79 Å². The molecule has 0 aromatic heterocycles. The van der Waals surface area contributed by atoms with Gasteiger partial charge in [0.1, 0.15) is 23.9 Å². The fourth-order valence-electron chi connectivity index (χ4n) is 4.89. The quantitative estimate of drug-likeness (QED) is 0.0894. The van der Waals surface area contributed by atoms with Crippen LogP contribution in [-0.4, -0.2) is 44.1 Å². The van der Waals surface area contributed by atoms with Crippen molar-refractivity contribution >= 4 is 11.9 Å². The first-order chi connectivity index (χ1) is 22.6. The van der Waals surface area contributed by atoms with Crippen LogP contribution in [0.3, 0.4) is 0 Å².